The first-order valence-electron chi connectivity index (χ1n) is 6.54. The molecule has 1 heterocycles. The average Bonchev–Trinajstić information content (AvgIpc) is 2.42. The van der Waals surface area contributed by atoms with Gasteiger partial charge in [0.25, 0.3) is 5.91 Å². The van der Waals surface area contributed by atoms with Crippen molar-refractivity contribution < 1.29 is 15.0 Å². The topological polar surface area (TPSA) is 60.8 Å². The molecule has 0 aliphatic carbocycles. The molecule has 1 aliphatic rings. The van der Waals surface area contributed by atoms with E-state index in [2.05, 4.69) is 0 Å². The number of likely N-dealkylation sites (tertiary alicyclic amines) is 1. The average molecular weight is 375 g/mol. The molecule has 1 aromatic carbocycles. The first kappa shape index (κ1) is 14.6. The molecule has 1 aliphatic heterocycles. The van der Waals surface area contributed by atoms with Crippen molar-refractivity contribution in [3.63, 3.8) is 0 Å². The van der Waals surface area contributed by atoms with E-state index in [0.717, 1.165) is 29.4 Å². The molecule has 1 aromatic rings. The lowest BCUT2D eigenvalue weighted by Gasteiger charge is -2.35. The van der Waals surface area contributed by atoms with Crippen LogP contribution >= 0.6 is 22.6 Å². The number of carbonyl (C=O) groups is 1. The summed E-state index contributed by atoms with van der Waals surface area (Å²) < 4.78 is 0.736. The van der Waals surface area contributed by atoms with Crippen molar-refractivity contribution in [3.8, 4) is 5.75 Å². The second-order valence-electron chi connectivity index (χ2n) is 4.83. The lowest BCUT2D eigenvalue weighted by molar-refractivity contribution is 0.0574. The highest BCUT2D eigenvalue weighted by molar-refractivity contribution is 14.1. The summed E-state index contributed by atoms with van der Waals surface area (Å²) in [5, 5.41) is 18.8. The minimum absolute atomic E-state index is 0.0511. The summed E-state index contributed by atoms with van der Waals surface area (Å²) >= 11 is 2.03. The van der Waals surface area contributed by atoms with Crippen LogP contribution in [-0.4, -0.2) is 40.2 Å². The predicted octanol–water partition coefficient (Wildman–Crippen LogP) is 2.37. The van der Waals surface area contributed by atoms with E-state index in [4.69, 9.17) is 5.11 Å². The molecule has 0 saturated carbocycles. The van der Waals surface area contributed by atoms with Crippen LogP contribution in [-0.2, 0) is 0 Å². The summed E-state index contributed by atoms with van der Waals surface area (Å²) in [6, 6.07) is 5.13. The van der Waals surface area contributed by atoms with Crippen molar-refractivity contribution in [3.05, 3.63) is 27.3 Å². The van der Waals surface area contributed by atoms with E-state index >= 15 is 0 Å². The van der Waals surface area contributed by atoms with Gasteiger partial charge in [0.1, 0.15) is 5.75 Å². The lowest BCUT2D eigenvalue weighted by atomic mass is 9.98. The molecule has 1 atom stereocenters. The molecule has 2 rings (SSSR count). The molecule has 4 nitrogen and oxygen atoms in total. The largest absolute Gasteiger partial charge is 0.507 e. The SMILES string of the molecule is O=C(c1ccc(I)c(O)c1)N1CCCCC1CCO. The summed E-state index contributed by atoms with van der Waals surface area (Å²) in [5.41, 5.74) is 0.516. The maximum Gasteiger partial charge on any atom is 0.254 e. The number of phenolic OH excluding ortho intramolecular Hbond substituents is 1. The van der Waals surface area contributed by atoms with Gasteiger partial charge in [-0.3, -0.25) is 4.79 Å². The number of aromatic hydroxyl groups is 1. The Kier molecular flexibility index (Phi) is 5.04. The number of phenols is 1. The highest BCUT2D eigenvalue weighted by Crippen LogP contribution is 2.25. The minimum Gasteiger partial charge on any atom is -0.507 e. The fourth-order valence-electron chi connectivity index (χ4n) is 2.53. The molecule has 1 amide bonds. The monoisotopic (exact) mass is 375 g/mol. The Bertz CT molecular complexity index is 462. The van der Waals surface area contributed by atoms with Gasteiger partial charge in [-0.25, -0.2) is 0 Å². The zero-order valence-electron chi connectivity index (χ0n) is 10.7. The van der Waals surface area contributed by atoms with Gasteiger partial charge in [0, 0.05) is 24.8 Å². The predicted molar refractivity (Wildman–Crippen MR) is 81.2 cm³/mol. The molecule has 0 bridgehead atoms. The number of halogens is 1. The van der Waals surface area contributed by atoms with E-state index in [1.54, 1.807) is 12.1 Å². The summed E-state index contributed by atoms with van der Waals surface area (Å²) in [7, 11) is 0. The number of nitrogens with zero attached hydrogens (tertiary/aromatic N) is 1. The van der Waals surface area contributed by atoms with E-state index in [1.807, 2.05) is 27.5 Å². The molecular formula is C14H18INO3. The smallest absolute Gasteiger partial charge is 0.254 e. The third-order valence-electron chi connectivity index (χ3n) is 3.54. The number of amides is 1. The van der Waals surface area contributed by atoms with Gasteiger partial charge < -0.3 is 15.1 Å². The van der Waals surface area contributed by atoms with Gasteiger partial charge in [-0.15, -0.1) is 0 Å². The number of piperidine rings is 1. The number of benzene rings is 1. The Morgan fingerprint density at radius 3 is 2.89 bits per heavy atom. The van der Waals surface area contributed by atoms with E-state index in [0.29, 0.717) is 12.0 Å². The van der Waals surface area contributed by atoms with Gasteiger partial charge in [0.2, 0.25) is 0 Å². The number of aliphatic hydroxyl groups is 1. The van der Waals surface area contributed by atoms with Crippen LogP contribution < -0.4 is 0 Å². The van der Waals surface area contributed by atoms with Crippen LogP contribution in [0.1, 0.15) is 36.0 Å². The van der Waals surface area contributed by atoms with Crippen LogP contribution in [0.2, 0.25) is 0 Å². The zero-order chi connectivity index (χ0) is 13.8. The Hall–Kier alpha value is -0.820. The number of hydrogen-bond acceptors (Lipinski definition) is 3. The van der Waals surface area contributed by atoms with Crippen LogP contribution in [0.5, 0.6) is 5.75 Å². The van der Waals surface area contributed by atoms with Crippen molar-refractivity contribution in [1.82, 2.24) is 4.90 Å². The van der Waals surface area contributed by atoms with Crippen LogP contribution in [0.4, 0.5) is 0 Å². The van der Waals surface area contributed by atoms with Crippen molar-refractivity contribution in [2.75, 3.05) is 13.2 Å². The molecule has 5 heteroatoms. The summed E-state index contributed by atoms with van der Waals surface area (Å²) in [6.45, 7) is 0.836. The standard InChI is InChI=1S/C14H18INO3/c15-12-5-4-10(9-13(12)18)14(19)16-7-2-1-3-11(16)6-8-17/h4-5,9,11,17-18H,1-3,6-8H2. The quantitative estimate of drug-likeness (QED) is 0.798. The van der Waals surface area contributed by atoms with Crippen molar-refractivity contribution in [2.45, 2.75) is 31.7 Å². The van der Waals surface area contributed by atoms with Crippen LogP contribution in [0.15, 0.2) is 18.2 Å². The zero-order valence-corrected chi connectivity index (χ0v) is 12.8. The highest BCUT2D eigenvalue weighted by Gasteiger charge is 2.27. The molecule has 0 radical (unpaired) electrons. The van der Waals surface area contributed by atoms with Crippen LogP contribution in [0, 0.1) is 3.57 Å². The number of aliphatic hydroxyl groups excluding tert-OH is 1. The molecule has 104 valence electrons. The van der Waals surface area contributed by atoms with Gasteiger partial charge in [0.15, 0.2) is 0 Å². The van der Waals surface area contributed by atoms with Gasteiger partial charge >= 0.3 is 0 Å². The minimum atomic E-state index is -0.0511. The third-order valence-corrected chi connectivity index (χ3v) is 4.46. The maximum absolute atomic E-state index is 12.5. The second kappa shape index (κ2) is 6.56. The highest BCUT2D eigenvalue weighted by atomic mass is 127. The van der Waals surface area contributed by atoms with E-state index in [1.165, 1.54) is 6.07 Å². The lowest BCUT2D eigenvalue weighted by Crippen LogP contribution is -2.44. The van der Waals surface area contributed by atoms with Crippen LogP contribution in [0.3, 0.4) is 0 Å². The number of carbonyl (C=O) groups excluding carboxylic acids is 1. The molecule has 1 saturated heterocycles. The van der Waals surface area contributed by atoms with Crippen molar-refractivity contribution in [2.24, 2.45) is 0 Å². The van der Waals surface area contributed by atoms with E-state index < -0.39 is 0 Å². The third kappa shape index (κ3) is 3.39. The number of hydrogen-bond donors (Lipinski definition) is 2. The molecule has 1 unspecified atom stereocenters. The van der Waals surface area contributed by atoms with Crippen molar-refractivity contribution in [1.29, 1.82) is 0 Å². The number of rotatable bonds is 3. The normalized spacial score (nSPS) is 19.5. The fraction of sp³-hybridized carbons (Fsp3) is 0.500. The summed E-state index contributed by atoms with van der Waals surface area (Å²) in [6.07, 6.45) is 3.68. The molecule has 19 heavy (non-hydrogen) atoms. The summed E-state index contributed by atoms with van der Waals surface area (Å²) in [4.78, 5) is 14.3. The van der Waals surface area contributed by atoms with Gasteiger partial charge in [-0.1, -0.05) is 0 Å². The Morgan fingerprint density at radius 1 is 1.42 bits per heavy atom. The Labute approximate surface area is 126 Å². The van der Waals surface area contributed by atoms with E-state index in [-0.39, 0.29) is 24.3 Å². The van der Waals surface area contributed by atoms with Crippen LogP contribution in [0.25, 0.3) is 0 Å². The molecule has 2 N–H and O–H groups in total. The molecule has 0 spiro atoms. The summed E-state index contributed by atoms with van der Waals surface area (Å²) in [5.74, 6) is 0.0898. The first-order chi connectivity index (χ1) is 9.13. The van der Waals surface area contributed by atoms with Gasteiger partial charge in [0.05, 0.1) is 3.57 Å². The molecule has 1 fully saturated rings. The van der Waals surface area contributed by atoms with Gasteiger partial charge in [-0.05, 0) is 66.5 Å². The maximum atomic E-state index is 12.5. The van der Waals surface area contributed by atoms with Gasteiger partial charge in [-0.2, -0.15) is 0 Å². The second-order valence-corrected chi connectivity index (χ2v) is 5.99. The molecular weight excluding hydrogens is 357 g/mol. The van der Waals surface area contributed by atoms with Crippen molar-refractivity contribution >= 4 is 28.5 Å². The van der Waals surface area contributed by atoms with E-state index in [9.17, 15) is 9.90 Å². The first-order valence-corrected chi connectivity index (χ1v) is 7.61. The molecule has 0 aromatic heterocycles. The Balaban J connectivity index is 2.18. The fourth-order valence-corrected chi connectivity index (χ4v) is 2.86. The Morgan fingerprint density at radius 2 is 2.21 bits per heavy atom.